The first-order valence-electron chi connectivity index (χ1n) is 7.45. The summed E-state index contributed by atoms with van der Waals surface area (Å²) < 4.78 is 5.29. The Bertz CT molecular complexity index is 705. The van der Waals surface area contributed by atoms with Crippen LogP contribution >= 0.6 is 0 Å². The Morgan fingerprint density at radius 2 is 1.91 bits per heavy atom. The molecule has 0 aliphatic heterocycles. The van der Waals surface area contributed by atoms with E-state index in [2.05, 4.69) is 6.58 Å². The molecule has 0 bridgehead atoms. The van der Waals surface area contributed by atoms with Gasteiger partial charge in [0, 0.05) is 12.5 Å². The number of rotatable bonds is 6. The van der Waals surface area contributed by atoms with Crippen LogP contribution in [-0.4, -0.2) is 17.9 Å². The van der Waals surface area contributed by atoms with E-state index in [1.807, 2.05) is 60.7 Å². The Kier molecular flexibility index (Phi) is 5.75. The molecular weight excluding hydrogens is 286 g/mol. The third-order valence-corrected chi connectivity index (χ3v) is 3.50. The molecule has 3 nitrogen and oxygen atoms in total. The van der Waals surface area contributed by atoms with E-state index in [1.54, 1.807) is 25.0 Å². The van der Waals surface area contributed by atoms with Crippen LogP contribution in [0.3, 0.4) is 0 Å². The molecule has 0 spiro atoms. The van der Waals surface area contributed by atoms with Gasteiger partial charge in [-0.3, -0.25) is 4.79 Å². The molecule has 118 valence electrons. The highest BCUT2D eigenvalue weighted by molar-refractivity contribution is 5.85. The number of allylic oxidation sites excluding steroid dienone is 2. The quantitative estimate of drug-likeness (QED) is 0.746. The Labute approximate surface area is 137 Å². The van der Waals surface area contributed by atoms with Gasteiger partial charge in [-0.25, -0.2) is 0 Å². The number of hydrogen-bond donors (Lipinski definition) is 0. The maximum absolute atomic E-state index is 12.2. The number of carbonyl (C=O) groups excluding carboxylic acids is 1. The average Bonchev–Trinajstić information content (AvgIpc) is 2.58. The maximum atomic E-state index is 12.2. The second-order valence-corrected chi connectivity index (χ2v) is 5.11. The third kappa shape index (κ3) is 4.33. The highest BCUT2D eigenvalue weighted by Crippen LogP contribution is 2.25. The fraction of sp³-hybridized carbons (Fsp3) is 0.150. The fourth-order valence-corrected chi connectivity index (χ4v) is 2.37. The Hall–Kier alpha value is -2.81. The molecule has 0 saturated heterocycles. The standard InChI is InChI=1S/C20H21NO2/c1-4-9-20(18-12-8-13-19(14-18)23-3)21(16(2)22)15-17-10-6-5-7-11-17/h4-14H,1,15H2,2-3H3/b20-9-. The van der Waals surface area contributed by atoms with Gasteiger partial charge in [-0.05, 0) is 23.8 Å². The SMILES string of the molecule is C=C/C=C(/c1cccc(OC)c1)N(Cc1ccccc1)C(C)=O. The smallest absolute Gasteiger partial charge is 0.224 e. The van der Waals surface area contributed by atoms with Crippen LogP contribution in [0.25, 0.3) is 5.70 Å². The molecule has 2 aromatic rings. The van der Waals surface area contributed by atoms with Gasteiger partial charge in [0.15, 0.2) is 0 Å². The van der Waals surface area contributed by atoms with Gasteiger partial charge in [0.2, 0.25) is 5.91 Å². The minimum Gasteiger partial charge on any atom is -0.497 e. The van der Waals surface area contributed by atoms with Gasteiger partial charge in [-0.15, -0.1) is 0 Å². The van der Waals surface area contributed by atoms with Crippen molar-refractivity contribution in [3.8, 4) is 5.75 Å². The molecule has 23 heavy (non-hydrogen) atoms. The molecule has 2 aromatic carbocycles. The van der Waals surface area contributed by atoms with Crippen LogP contribution in [0.4, 0.5) is 0 Å². The first-order valence-corrected chi connectivity index (χ1v) is 7.45. The van der Waals surface area contributed by atoms with Crippen LogP contribution in [0.1, 0.15) is 18.1 Å². The number of nitrogens with zero attached hydrogens (tertiary/aromatic N) is 1. The van der Waals surface area contributed by atoms with Crippen molar-refractivity contribution in [3.05, 3.63) is 84.5 Å². The van der Waals surface area contributed by atoms with Gasteiger partial charge in [-0.1, -0.05) is 55.1 Å². The number of methoxy groups -OCH3 is 1. The summed E-state index contributed by atoms with van der Waals surface area (Å²) in [5.41, 5.74) is 2.78. The number of ether oxygens (including phenoxy) is 1. The summed E-state index contributed by atoms with van der Waals surface area (Å²) in [4.78, 5) is 14.0. The normalized spacial score (nSPS) is 11.0. The van der Waals surface area contributed by atoms with Crippen molar-refractivity contribution in [3.63, 3.8) is 0 Å². The number of benzene rings is 2. The Morgan fingerprint density at radius 1 is 1.17 bits per heavy atom. The number of amides is 1. The molecule has 0 N–H and O–H groups in total. The molecule has 0 unspecified atom stereocenters. The zero-order valence-electron chi connectivity index (χ0n) is 13.5. The van der Waals surface area contributed by atoms with Crippen molar-refractivity contribution in [2.24, 2.45) is 0 Å². The van der Waals surface area contributed by atoms with E-state index in [-0.39, 0.29) is 5.91 Å². The molecule has 0 saturated carbocycles. The zero-order chi connectivity index (χ0) is 16.7. The summed E-state index contributed by atoms with van der Waals surface area (Å²) in [6.07, 6.45) is 3.54. The van der Waals surface area contributed by atoms with E-state index in [1.165, 1.54) is 0 Å². The summed E-state index contributed by atoms with van der Waals surface area (Å²) in [7, 11) is 1.63. The molecular formula is C20H21NO2. The highest BCUT2D eigenvalue weighted by Gasteiger charge is 2.16. The van der Waals surface area contributed by atoms with Crippen molar-refractivity contribution in [1.29, 1.82) is 0 Å². The lowest BCUT2D eigenvalue weighted by atomic mass is 10.1. The Balaban J connectivity index is 2.41. The van der Waals surface area contributed by atoms with E-state index in [9.17, 15) is 4.79 Å². The van der Waals surface area contributed by atoms with Gasteiger partial charge in [0.1, 0.15) is 5.75 Å². The molecule has 0 radical (unpaired) electrons. The van der Waals surface area contributed by atoms with E-state index < -0.39 is 0 Å². The van der Waals surface area contributed by atoms with Gasteiger partial charge in [0.05, 0.1) is 19.4 Å². The molecule has 0 aliphatic rings. The molecule has 0 aromatic heterocycles. The number of hydrogen-bond acceptors (Lipinski definition) is 2. The predicted octanol–water partition coefficient (Wildman–Crippen LogP) is 4.27. The minimum atomic E-state index is -0.0234. The Morgan fingerprint density at radius 3 is 2.52 bits per heavy atom. The van der Waals surface area contributed by atoms with E-state index in [0.29, 0.717) is 6.54 Å². The van der Waals surface area contributed by atoms with Crippen LogP contribution in [0.5, 0.6) is 5.75 Å². The lowest BCUT2D eigenvalue weighted by molar-refractivity contribution is -0.126. The van der Waals surface area contributed by atoms with Crippen molar-refractivity contribution in [2.75, 3.05) is 7.11 Å². The van der Waals surface area contributed by atoms with Crippen molar-refractivity contribution < 1.29 is 9.53 Å². The minimum absolute atomic E-state index is 0.0234. The summed E-state index contributed by atoms with van der Waals surface area (Å²) in [5, 5.41) is 0. The lowest BCUT2D eigenvalue weighted by Crippen LogP contribution is -2.26. The first kappa shape index (κ1) is 16.6. The van der Waals surface area contributed by atoms with E-state index in [0.717, 1.165) is 22.6 Å². The molecule has 2 rings (SSSR count). The second-order valence-electron chi connectivity index (χ2n) is 5.11. The van der Waals surface area contributed by atoms with Gasteiger partial charge >= 0.3 is 0 Å². The molecule has 0 heterocycles. The van der Waals surface area contributed by atoms with Gasteiger partial charge < -0.3 is 9.64 Å². The van der Waals surface area contributed by atoms with Crippen molar-refractivity contribution in [1.82, 2.24) is 4.90 Å². The monoisotopic (exact) mass is 307 g/mol. The van der Waals surface area contributed by atoms with Gasteiger partial charge in [-0.2, -0.15) is 0 Å². The van der Waals surface area contributed by atoms with Crippen molar-refractivity contribution in [2.45, 2.75) is 13.5 Å². The largest absolute Gasteiger partial charge is 0.497 e. The zero-order valence-corrected chi connectivity index (χ0v) is 13.5. The van der Waals surface area contributed by atoms with Crippen molar-refractivity contribution >= 4 is 11.6 Å². The summed E-state index contributed by atoms with van der Waals surface area (Å²) >= 11 is 0. The summed E-state index contributed by atoms with van der Waals surface area (Å²) in [5.74, 6) is 0.727. The van der Waals surface area contributed by atoms with Crippen LogP contribution < -0.4 is 4.74 Å². The maximum Gasteiger partial charge on any atom is 0.224 e. The molecule has 0 atom stereocenters. The van der Waals surface area contributed by atoms with Crippen LogP contribution in [0, 0.1) is 0 Å². The predicted molar refractivity (Wildman–Crippen MR) is 93.8 cm³/mol. The van der Waals surface area contributed by atoms with Gasteiger partial charge in [0.25, 0.3) is 0 Å². The van der Waals surface area contributed by atoms with Crippen LogP contribution in [0.2, 0.25) is 0 Å². The fourth-order valence-electron chi connectivity index (χ4n) is 2.37. The summed E-state index contributed by atoms with van der Waals surface area (Å²) in [6.45, 7) is 5.85. The highest BCUT2D eigenvalue weighted by atomic mass is 16.5. The van der Waals surface area contributed by atoms with Crippen LogP contribution in [-0.2, 0) is 11.3 Å². The average molecular weight is 307 g/mol. The number of carbonyl (C=O) groups is 1. The molecule has 3 heteroatoms. The lowest BCUT2D eigenvalue weighted by Gasteiger charge is -2.25. The molecule has 0 aliphatic carbocycles. The molecule has 0 fully saturated rings. The molecule has 1 amide bonds. The van der Waals surface area contributed by atoms with Crippen LogP contribution in [0.15, 0.2) is 73.3 Å². The van der Waals surface area contributed by atoms with E-state index >= 15 is 0 Å². The topological polar surface area (TPSA) is 29.5 Å². The van der Waals surface area contributed by atoms with E-state index in [4.69, 9.17) is 4.74 Å². The second kappa shape index (κ2) is 7.99. The summed E-state index contributed by atoms with van der Waals surface area (Å²) in [6, 6.07) is 17.6. The first-order chi connectivity index (χ1) is 11.2. The third-order valence-electron chi connectivity index (χ3n) is 3.50.